The molecule has 6 heteroatoms. The van der Waals surface area contributed by atoms with Crippen molar-refractivity contribution in [2.45, 2.75) is 13.1 Å². The fourth-order valence-corrected chi connectivity index (χ4v) is 3.31. The molecule has 2 aromatic heterocycles. The normalized spacial score (nSPS) is 10.7. The summed E-state index contributed by atoms with van der Waals surface area (Å²) in [5, 5.41) is 2.86. The van der Waals surface area contributed by atoms with Crippen molar-refractivity contribution in [3.8, 4) is 0 Å². The number of carbonyl (C=O) groups is 1. The number of hydrogen-bond acceptors (Lipinski definition) is 3. The number of thiophene rings is 1. The summed E-state index contributed by atoms with van der Waals surface area (Å²) >= 11 is 13.8. The average molecular weight is 366 g/mol. The molecule has 0 spiro atoms. The molecular weight excluding hydrogens is 353 g/mol. The standard InChI is InChI=1S/C17H13Cl2NO2S/c18-13-3-4-16(19)15(8-13)17(21)20(9-12-5-6-22-11-12)10-14-2-1-7-23-14/h1-8,11H,9-10H2. The van der Waals surface area contributed by atoms with Gasteiger partial charge in [0.05, 0.1) is 29.7 Å². The Hall–Kier alpha value is -1.75. The van der Waals surface area contributed by atoms with Gasteiger partial charge in [-0.2, -0.15) is 0 Å². The van der Waals surface area contributed by atoms with Crippen LogP contribution in [0.5, 0.6) is 0 Å². The van der Waals surface area contributed by atoms with Crippen molar-refractivity contribution < 1.29 is 9.21 Å². The fourth-order valence-electron chi connectivity index (χ4n) is 2.22. The molecule has 0 saturated carbocycles. The monoisotopic (exact) mass is 365 g/mol. The van der Waals surface area contributed by atoms with E-state index in [0.29, 0.717) is 28.7 Å². The first-order valence-electron chi connectivity index (χ1n) is 6.91. The van der Waals surface area contributed by atoms with Crippen LogP contribution >= 0.6 is 34.5 Å². The van der Waals surface area contributed by atoms with Crippen LogP contribution in [0.15, 0.2) is 58.7 Å². The first-order chi connectivity index (χ1) is 11.1. The second kappa shape index (κ2) is 7.21. The minimum absolute atomic E-state index is 0.160. The van der Waals surface area contributed by atoms with Gasteiger partial charge in [-0.15, -0.1) is 11.3 Å². The lowest BCUT2D eigenvalue weighted by molar-refractivity contribution is 0.0731. The Kier molecular flexibility index (Phi) is 5.06. The zero-order valence-corrected chi connectivity index (χ0v) is 14.4. The minimum Gasteiger partial charge on any atom is -0.472 e. The van der Waals surface area contributed by atoms with Crippen molar-refractivity contribution in [1.29, 1.82) is 0 Å². The van der Waals surface area contributed by atoms with Crippen molar-refractivity contribution in [3.63, 3.8) is 0 Å². The van der Waals surface area contributed by atoms with E-state index in [1.807, 2.05) is 23.6 Å². The fraction of sp³-hybridized carbons (Fsp3) is 0.118. The van der Waals surface area contributed by atoms with Crippen LogP contribution in [0.4, 0.5) is 0 Å². The zero-order chi connectivity index (χ0) is 16.2. The highest BCUT2D eigenvalue weighted by molar-refractivity contribution is 7.09. The maximum atomic E-state index is 12.9. The Morgan fingerprint density at radius 3 is 2.74 bits per heavy atom. The van der Waals surface area contributed by atoms with Gasteiger partial charge in [-0.3, -0.25) is 4.79 Å². The van der Waals surface area contributed by atoms with Gasteiger partial charge in [-0.05, 0) is 35.7 Å². The van der Waals surface area contributed by atoms with E-state index in [0.717, 1.165) is 10.4 Å². The second-order valence-corrected chi connectivity index (χ2v) is 6.87. The van der Waals surface area contributed by atoms with Crippen LogP contribution in [0.2, 0.25) is 10.0 Å². The Labute approximate surface area is 148 Å². The number of furan rings is 1. The second-order valence-electron chi connectivity index (χ2n) is 5.00. The van der Waals surface area contributed by atoms with Crippen molar-refractivity contribution in [1.82, 2.24) is 4.90 Å². The van der Waals surface area contributed by atoms with E-state index in [-0.39, 0.29) is 5.91 Å². The number of nitrogens with zero attached hydrogens (tertiary/aromatic N) is 1. The summed E-state index contributed by atoms with van der Waals surface area (Å²) in [7, 11) is 0. The Balaban J connectivity index is 1.89. The van der Waals surface area contributed by atoms with Crippen molar-refractivity contribution in [2.24, 2.45) is 0 Å². The number of amides is 1. The van der Waals surface area contributed by atoms with Gasteiger partial charge in [0.15, 0.2) is 0 Å². The number of rotatable bonds is 5. The van der Waals surface area contributed by atoms with Gasteiger partial charge in [0.1, 0.15) is 0 Å². The molecule has 3 aromatic rings. The third kappa shape index (κ3) is 3.96. The van der Waals surface area contributed by atoms with Gasteiger partial charge in [0, 0.05) is 22.0 Å². The van der Waals surface area contributed by atoms with Gasteiger partial charge in [0.25, 0.3) is 5.91 Å². The number of carbonyl (C=O) groups excluding carboxylic acids is 1. The van der Waals surface area contributed by atoms with Crippen molar-refractivity contribution in [2.75, 3.05) is 0 Å². The Morgan fingerprint density at radius 1 is 1.17 bits per heavy atom. The van der Waals surface area contributed by atoms with Crippen molar-refractivity contribution >= 4 is 40.4 Å². The predicted molar refractivity (Wildman–Crippen MR) is 93.1 cm³/mol. The van der Waals surface area contributed by atoms with Gasteiger partial charge in [-0.1, -0.05) is 29.3 Å². The molecule has 0 saturated heterocycles. The Bertz CT molecular complexity index is 749. The molecule has 0 unspecified atom stereocenters. The third-order valence-corrected chi connectivity index (χ3v) is 4.75. The highest BCUT2D eigenvalue weighted by Crippen LogP contribution is 2.24. The van der Waals surface area contributed by atoms with Gasteiger partial charge < -0.3 is 9.32 Å². The van der Waals surface area contributed by atoms with E-state index in [9.17, 15) is 4.79 Å². The Morgan fingerprint density at radius 2 is 2.04 bits per heavy atom. The van der Waals surface area contributed by atoms with Crippen LogP contribution in [-0.2, 0) is 13.1 Å². The molecule has 118 valence electrons. The summed E-state index contributed by atoms with van der Waals surface area (Å²) in [5.41, 5.74) is 1.33. The largest absolute Gasteiger partial charge is 0.472 e. The molecule has 2 heterocycles. The van der Waals surface area contributed by atoms with Crippen LogP contribution in [-0.4, -0.2) is 10.8 Å². The van der Waals surface area contributed by atoms with Crippen LogP contribution in [0.1, 0.15) is 20.8 Å². The van der Waals surface area contributed by atoms with Crippen LogP contribution in [0.25, 0.3) is 0 Å². The molecule has 1 amide bonds. The summed E-state index contributed by atoms with van der Waals surface area (Å²) < 4.78 is 5.10. The highest BCUT2D eigenvalue weighted by Gasteiger charge is 2.20. The first-order valence-corrected chi connectivity index (χ1v) is 8.55. The number of benzene rings is 1. The molecule has 0 atom stereocenters. The van der Waals surface area contributed by atoms with Gasteiger partial charge in [0.2, 0.25) is 0 Å². The molecule has 1 aromatic carbocycles. The lowest BCUT2D eigenvalue weighted by Gasteiger charge is -2.22. The zero-order valence-electron chi connectivity index (χ0n) is 12.0. The lowest BCUT2D eigenvalue weighted by atomic mass is 10.1. The molecule has 0 aliphatic heterocycles. The average Bonchev–Trinajstić information content (AvgIpc) is 3.22. The van der Waals surface area contributed by atoms with E-state index >= 15 is 0 Å². The quantitative estimate of drug-likeness (QED) is 0.598. The smallest absolute Gasteiger partial charge is 0.256 e. The SMILES string of the molecule is O=C(c1cc(Cl)ccc1Cl)N(Cc1ccoc1)Cc1cccs1. The molecule has 3 rings (SSSR count). The summed E-state index contributed by atoms with van der Waals surface area (Å²) in [5.74, 6) is -0.160. The summed E-state index contributed by atoms with van der Waals surface area (Å²) in [6.07, 6.45) is 3.23. The van der Waals surface area contributed by atoms with Crippen LogP contribution < -0.4 is 0 Å². The van der Waals surface area contributed by atoms with E-state index in [1.165, 1.54) is 0 Å². The van der Waals surface area contributed by atoms with Crippen LogP contribution in [0, 0.1) is 0 Å². The van der Waals surface area contributed by atoms with E-state index < -0.39 is 0 Å². The molecule has 0 fully saturated rings. The molecule has 23 heavy (non-hydrogen) atoms. The van der Waals surface area contributed by atoms with E-state index in [2.05, 4.69) is 0 Å². The number of hydrogen-bond donors (Lipinski definition) is 0. The topological polar surface area (TPSA) is 33.5 Å². The highest BCUT2D eigenvalue weighted by atomic mass is 35.5. The first kappa shape index (κ1) is 16.1. The van der Waals surface area contributed by atoms with Crippen LogP contribution in [0.3, 0.4) is 0 Å². The molecule has 3 nitrogen and oxygen atoms in total. The molecule has 0 N–H and O–H groups in total. The summed E-state index contributed by atoms with van der Waals surface area (Å²) in [4.78, 5) is 15.8. The maximum Gasteiger partial charge on any atom is 0.256 e. The van der Waals surface area contributed by atoms with Gasteiger partial charge in [-0.25, -0.2) is 0 Å². The molecule has 0 aliphatic rings. The number of halogens is 2. The van der Waals surface area contributed by atoms with Crippen molar-refractivity contribution in [3.05, 3.63) is 80.4 Å². The molecule has 0 radical (unpaired) electrons. The minimum atomic E-state index is -0.160. The van der Waals surface area contributed by atoms with E-state index in [1.54, 1.807) is 47.0 Å². The predicted octanol–water partition coefficient (Wildman–Crippen LogP) is 5.49. The molecule has 0 aliphatic carbocycles. The maximum absolute atomic E-state index is 12.9. The third-order valence-electron chi connectivity index (χ3n) is 3.33. The lowest BCUT2D eigenvalue weighted by Crippen LogP contribution is -2.30. The summed E-state index contributed by atoms with van der Waals surface area (Å²) in [6, 6.07) is 10.7. The van der Waals surface area contributed by atoms with E-state index in [4.69, 9.17) is 27.6 Å². The van der Waals surface area contributed by atoms with Gasteiger partial charge >= 0.3 is 0 Å². The molecule has 0 bridgehead atoms. The summed E-state index contributed by atoms with van der Waals surface area (Å²) in [6.45, 7) is 0.945. The molecular formula is C17H13Cl2NO2S.